The molecule has 1 unspecified atom stereocenters. The normalized spacial score (nSPS) is 15.0. The van der Waals surface area contributed by atoms with E-state index in [1.165, 1.54) is 10.4 Å². The summed E-state index contributed by atoms with van der Waals surface area (Å²) in [6, 6.07) is 14.1. The van der Waals surface area contributed by atoms with Crippen LogP contribution in [0.2, 0.25) is 0 Å². The van der Waals surface area contributed by atoms with Gasteiger partial charge in [-0.15, -0.1) is 11.3 Å². The molecule has 2 aromatic carbocycles. The number of thiazole rings is 1. The van der Waals surface area contributed by atoms with Crippen LogP contribution in [0.3, 0.4) is 0 Å². The summed E-state index contributed by atoms with van der Waals surface area (Å²) in [5.41, 5.74) is 4.57. The summed E-state index contributed by atoms with van der Waals surface area (Å²) in [7, 11) is 1.67. The van der Waals surface area contributed by atoms with Gasteiger partial charge in [0.1, 0.15) is 16.5 Å². The van der Waals surface area contributed by atoms with E-state index in [9.17, 15) is 4.79 Å². The lowest BCUT2D eigenvalue weighted by molar-refractivity contribution is -0.137. The maximum absolute atomic E-state index is 11.0. The number of aryl methyl sites for hydroxylation is 2. The number of carbonyl (C=O) groups is 1. The molecular formula is C25H27NO4S. The number of fused-ring (bicyclic) bond motifs is 1. The fourth-order valence-electron chi connectivity index (χ4n) is 4.17. The van der Waals surface area contributed by atoms with E-state index in [1.807, 2.05) is 36.4 Å². The molecule has 0 spiro atoms. The van der Waals surface area contributed by atoms with Crippen LogP contribution >= 0.6 is 11.3 Å². The minimum Gasteiger partial charge on any atom is -0.497 e. The summed E-state index contributed by atoms with van der Waals surface area (Å²) in [5.74, 6) is 1.08. The van der Waals surface area contributed by atoms with Gasteiger partial charge in [0, 0.05) is 16.9 Å². The molecule has 3 aromatic rings. The van der Waals surface area contributed by atoms with E-state index in [0.29, 0.717) is 6.61 Å². The molecular weight excluding hydrogens is 410 g/mol. The van der Waals surface area contributed by atoms with Gasteiger partial charge in [-0.25, -0.2) is 4.98 Å². The molecule has 1 aliphatic carbocycles. The molecule has 1 aromatic heterocycles. The van der Waals surface area contributed by atoms with Crippen LogP contribution in [0.5, 0.6) is 11.5 Å². The van der Waals surface area contributed by atoms with Gasteiger partial charge in [-0.1, -0.05) is 13.0 Å². The van der Waals surface area contributed by atoms with Crippen LogP contribution in [0.4, 0.5) is 0 Å². The quantitative estimate of drug-likeness (QED) is 0.478. The first-order valence-corrected chi connectivity index (χ1v) is 11.5. The van der Waals surface area contributed by atoms with E-state index in [4.69, 9.17) is 19.6 Å². The molecule has 6 heteroatoms. The number of aromatic nitrogens is 1. The van der Waals surface area contributed by atoms with Crippen molar-refractivity contribution in [3.63, 3.8) is 0 Å². The number of nitrogens with zero attached hydrogens (tertiary/aromatic N) is 1. The van der Waals surface area contributed by atoms with Crippen molar-refractivity contribution in [1.82, 2.24) is 4.98 Å². The van der Waals surface area contributed by atoms with Crippen molar-refractivity contribution in [2.75, 3.05) is 13.7 Å². The van der Waals surface area contributed by atoms with E-state index < -0.39 is 5.97 Å². The lowest BCUT2D eigenvalue weighted by atomic mass is 9.98. The van der Waals surface area contributed by atoms with Gasteiger partial charge in [0.05, 0.1) is 25.8 Å². The zero-order valence-corrected chi connectivity index (χ0v) is 18.7. The summed E-state index contributed by atoms with van der Waals surface area (Å²) in [4.78, 5) is 17.2. The highest BCUT2D eigenvalue weighted by atomic mass is 32.1. The molecule has 0 saturated heterocycles. The van der Waals surface area contributed by atoms with Crippen molar-refractivity contribution in [3.8, 4) is 22.1 Å². The molecule has 0 fully saturated rings. The van der Waals surface area contributed by atoms with E-state index in [-0.39, 0.29) is 12.3 Å². The summed E-state index contributed by atoms with van der Waals surface area (Å²) in [6.45, 7) is 2.72. The van der Waals surface area contributed by atoms with Gasteiger partial charge in [-0.05, 0) is 72.7 Å². The molecule has 0 bridgehead atoms. The highest BCUT2D eigenvalue weighted by molar-refractivity contribution is 7.15. The number of hydrogen-bond acceptors (Lipinski definition) is 5. The van der Waals surface area contributed by atoms with Crippen molar-refractivity contribution in [1.29, 1.82) is 0 Å². The van der Waals surface area contributed by atoms with E-state index in [2.05, 4.69) is 13.0 Å². The second-order valence-electron chi connectivity index (χ2n) is 7.76. The third-order valence-electron chi connectivity index (χ3n) is 5.78. The molecule has 4 rings (SSSR count). The molecule has 5 nitrogen and oxygen atoms in total. The Balaban J connectivity index is 1.39. The first-order valence-electron chi connectivity index (χ1n) is 10.7. The summed E-state index contributed by atoms with van der Waals surface area (Å²) < 4.78 is 11.3. The average Bonchev–Trinajstić information content (AvgIpc) is 3.37. The second-order valence-corrected chi connectivity index (χ2v) is 8.85. The third-order valence-corrected chi connectivity index (χ3v) is 7.07. The topological polar surface area (TPSA) is 68.7 Å². The zero-order chi connectivity index (χ0) is 21.8. The van der Waals surface area contributed by atoms with Crippen LogP contribution in [0.1, 0.15) is 47.4 Å². The Morgan fingerprint density at radius 3 is 2.68 bits per heavy atom. The maximum Gasteiger partial charge on any atom is 0.303 e. The molecule has 1 atom stereocenters. The van der Waals surface area contributed by atoms with Gasteiger partial charge in [0.2, 0.25) is 0 Å². The predicted octanol–water partition coefficient (Wildman–Crippen LogP) is 5.51. The molecule has 0 radical (unpaired) electrons. The zero-order valence-electron chi connectivity index (χ0n) is 17.9. The van der Waals surface area contributed by atoms with Crippen molar-refractivity contribution < 1.29 is 19.4 Å². The lowest BCUT2D eigenvalue weighted by Gasteiger charge is -2.11. The Bertz CT molecular complexity index is 1060. The largest absolute Gasteiger partial charge is 0.497 e. The Labute approximate surface area is 186 Å². The fraction of sp³-hybridized carbons (Fsp3) is 0.360. The van der Waals surface area contributed by atoms with E-state index >= 15 is 0 Å². The number of methoxy groups -OCH3 is 1. The molecule has 162 valence electrons. The lowest BCUT2D eigenvalue weighted by Crippen LogP contribution is -2.04. The van der Waals surface area contributed by atoms with Crippen LogP contribution < -0.4 is 9.47 Å². The number of hydrogen-bond donors (Lipinski definition) is 1. The number of carboxylic acids is 1. The smallest absolute Gasteiger partial charge is 0.303 e. The molecule has 1 heterocycles. The number of rotatable bonds is 9. The van der Waals surface area contributed by atoms with Gasteiger partial charge in [-0.3, -0.25) is 4.79 Å². The predicted molar refractivity (Wildman–Crippen MR) is 122 cm³/mol. The van der Waals surface area contributed by atoms with Crippen LogP contribution in [0.25, 0.3) is 10.6 Å². The molecule has 0 saturated carbocycles. The minimum atomic E-state index is -0.734. The molecule has 1 aliphatic rings. The molecule has 31 heavy (non-hydrogen) atoms. The SMILES string of the molecule is CCc1sc(-c2ccc(OC)cc2)nc1CCOc1ccc2c(c1)CCC2CC(=O)O. The van der Waals surface area contributed by atoms with Gasteiger partial charge >= 0.3 is 5.97 Å². The van der Waals surface area contributed by atoms with E-state index in [1.54, 1.807) is 18.4 Å². The standard InChI is InChI=1S/C25H27NO4S/c1-3-23-22(26-25(31-23)16-6-8-19(29-2)9-7-16)12-13-30-20-10-11-21-17(14-20)4-5-18(21)15-24(27)28/h6-11,14,18H,3-5,12-13,15H2,1-2H3,(H,27,28). The van der Waals surface area contributed by atoms with E-state index in [0.717, 1.165) is 59.0 Å². The number of carboxylic acid groups (broad SMARTS) is 1. The maximum atomic E-state index is 11.0. The van der Waals surface area contributed by atoms with Crippen molar-refractivity contribution in [3.05, 3.63) is 64.2 Å². The van der Waals surface area contributed by atoms with Crippen LogP contribution in [-0.4, -0.2) is 29.8 Å². The Hall–Kier alpha value is -2.86. The Morgan fingerprint density at radius 1 is 1.19 bits per heavy atom. The van der Waals surface area contributed by atoms with Crippen molar-refractivity contribution >= 4 is 17.3 Å². The van der Waals surface area contributed by atoms with Crippen LogP contribution in [0.15, 0.2) is 42.5 Å². The highest BCUT2D eigenvalue weighted by Gasteiger charge is 2.25. The molecule has 0 amide bonds. The third kappa shape index (κ3) is 4.90. The van der Waals surface area contributed by atoms with Crippen LogP contribution in [-0.2, 0) is 24.1 Å². The first-order chi connectivity index (χ1) is 15.1. The average molecular weight is 438 g/mol. The summed E-state index contributed by atoms with van der Waals surface area (Å²) in [6.07, 6.45) is 3.73. The van der Waals surface area contributed by atoms with Gasteiger partial charge < -0.3 is 14.6 Å². The Kier molecular flexibility index (Phi) is 6.56. The first kappa shape index (κ1) is 21.4. The number of benzene rings is 2. The fourth-order valence-corrected chi connectivity index (χ4v) is 5.23. The van der Waals surface area contributed by atoms with Gasteiger partial charge in [0.25, 0.3) is 0 Å². The number of aliphatic carboxylic acids is 1. The van der Waals surface area contributed by atoms with Crippen LogP contribution in [0, 0.1) is 0 Å². The van der Waals surface area contributed by atoms with Crippen molar-refractivity contribution in [2.45, 2.75) is 44.9 Å². The molecule has 1 N–H and O–H groups in total. The second kappa shape index (κ2) is 9.52. The monoisotopic (exact) mass is 437 g/mol. The van der Waals surface area contributed by atoms with Gasteiger partial charge in [0.15, 0.2) is 0 Å². The highest BCUT2D eigenvalue weighted by Crippen LogP contribution is 2.37. The minimum absolute atomic E-state index is 0.125. The number of ether oxygens (including phenoxy) is 2. The summed E-state index contributed by atoms with van der Waals surface area (Å²) in [5, 5.41) is 10.1. The van der Waals surface area contributed by atoms with Gasteiger partial charge in [-0.2, -0.15) is 0 Å². The summed E-state index contributed by atoms with van der Waals surface area (Å²) >= 11 is 1.74. The Morgan fingerprint density at radius 2 is 1.97 bits per heavy atom. The van der Waals surface area contributed by atoms with Crippen molar-refractivity contribution in [2.24, 2.45) is 0 Å². The molecule has 0 aliphatic heterocycles.